The fourth-order valence-electron chi connectivity index (χ4n) is 2.88. The molecule has 2 N–H and O–H groups in total. The molecule has 3 unspecified atom stereocenters. The highest BCUT2D eigenvalue weighted by Gasteiger charge is 2.32. The van der Waals surface area contributed by atoms with Gasteiger partial charge in [0.1, 0.15) is 0 Å². The zero-order valence-corrected chi connectivity index (χ0v) is 12.7. The van der Waals surface area contributed by atoms with Crippen LogP contribution in [0.4, 0.5) is 0 Å². The predicted octanol–water partition coefficient (Wildman–Crippen LogP) is 2.85. The summed E-state index contributed by atoms with van der Waals surface area (Å²) < 4.78 is 0. The first-order valence-electron chi connectivity index (χ1n) is 7.40. The molecule has 3 atom stereocenters. The second-order valence-corrected chi connectivity index (χ2v) is 6.69. The molecule has 1 rings (SSSR count). The van der Waals surface area contributed by atoms with Crippen molar-refractivity contribution in [2.24, 2.45) is 5.41 Å². The van der Waals surface area contributed by atoms with Crippen molar-refractivity contribution in [3.05, 3.63) is 0 Å². The Morgan fingerprint density at radius 2 is 2.06 bits per heavy atom. The number of carbonyl (C=O) groups is 1. The molecule has 3 heteroatoms. The van der Waals surface area contributed by atoms with Gasteiger partial charge in [-0.3, -0.25) is 4.79 Å². The smallest absolute Gasteiger partial charge is 0.237 e. The lowest BCUT2D eigenvalue weighted by Gasteiger charge is -2.22. The molecule has 1 aliphatic rings. The highest BCUT2D eigenvalue weighted by Crippen LogP contribution is 2.36. The molecule has 0 spiro atoms. The topological polar surface area (TPSA) is 41.1 Å². The van der Waals surface area contributed by atoms with Crippen molar-refractivity contribution in [1.29, 1.82) is 0 Å². The van der Waals surface area contributed by atoms with E-state index in [-0.39, 0.29) is 18.0 Å². The van der Waals surface area contributed by atoms with E-state index in [2.05, 4.69) is 38.3 Å². The largest absolute Gasteiger partial charge is 0.352 e. The Kier molecular flexibility index (Phi) is 5.64. The lowest BCUT2D eigenvalue weighted by atomic mass is 9.92. The minimum absolute atomic E-state index is 0.0804. The lowest BCUT2D eigenvalue weighted by Crippen LogP contribution is -2.48. The molecular formula is C15H30N2O. The van der Waals surface area contributed by atoms with Gasteiger partial charge in [-0.1, -0.05) is 27.2 Å². The molecule has 106 valence electrons. The highest BCUT2D eigenvalue weighted by atomic mass is 16.2. The first-order chi connectivity index (χ1) is 8.34. The van der Waals surface area contributed by atoms with Crippen LogP contribution in [-0.4, -0.2) is 24.0 Å². The number of amides is 1. The average Bonchev–Trinajstić information content (AvgIpc) is 2.58. The molecule has 1 amide bonds. The van der Waals surface area contributed by atoms with Gasteiger partial charge >= 0.3 is 0 Å². The molecule has 1 fully saturated rings. The second-order valence-electron chi connectivity index (χ2n) is 6.69. The third-order valence-electron chi connectivity index (χ3n) is 3.96. The van der Waals surface area contributed by atoms with E-state index in [1.165, 1.54) is 19.3 Å². The van der Waals surface area contributed by atoms with Crippen LogP contribution in [0.3, 0.4) is 0 Å². The summed E-state index contributed by atoms with van der Waals surface area (Å²) in [5.41, 5.74) is 0.434. The molecule has 0 aromatic rings. The fraction of sp³-hybridized carbons (Fsp3) is 0.933. The van der Waals surface area contributed by atoms with E-state index in [1.54, 1.807) is 0 Å². The second kappa shape index (κ2) is 6.55. The van der Waals surface area contributed by atoms with E-state index in [0.717, 1.165) is 12.8 Å². The van der Waals surface area contributed by atoms with Crippen LogP contribution in [0, 0.1) is 5.41 Å². The van der Waals surface area contributed by atoms with E-state index >= 15 is 0 Å². The molecule has 3 nitrogen and oxygen atoms in total. The van der Waals surface area contributed by atoms with Crippen LogP contribution >= 0.6 is 0 Å². The van der Waals surface area contributed by atoms with E-state index in [9.17, 15) is 4.79 Å². The van der Waals surface area contributed by atoms with Crippen molar-refractivity contribution in [3.8, 4) is 0 Å². The monoisotopic (exact) mass is 254 g/mol. The van der Waals surface area contributed by atoms with Gasteiger partial charge in [-0.15, -0.1) is 0 Å². The van der Waals surface area contributed by atoms with Crippen LogP contribution in [0.1, 0.15) is 66.7 Å². The molecule has 1 saturated carbocycles. The van der Waals surface area contributed by atoms with Gasteiger partial charge < -0.3 is 10.6 Å². The average molecular weight is 254 g/mol. The first kappa shape index (κ1) is 15.5. The summed E-state index contributed by atoms with van der Waals surface area (Å²) in [5, 5.41) is 6.54. The van der Waals surface area contributed by atoms with Crippen molar-refractivity contribution in [1.82, 2.24) is 10.6 Å². The summed E-state index contributed by atoms with van der Waals surface area (Å²) in [6, 6.07) is 0.706. The first-order valence-corrected chi connectivity index (χ1v) is 7.40. The van der Waals surface area contributed by atoms with Gasteiger partial charge in [-0.05, 0) is 44.9 Å². The summed E-state index contributed by atoms with van der Waals surface area (Å²) in [5.74, 6) is 0.139. The molecule has 0 heterocycles. The third-order valence-corrected chi connectivity index (χ3v) is 3.96. The number of rotatable bonds is 6. The van der Waals surface area contributed by atoms with Crippen LogP contribution in [0.2, 0.25) is 0 Å². The molecule has 0 aliphatic heterocycles. The molecule has 18 heavy (non-hydrogen) atoms. The summed E-state index contributed by atoms with van der Waals surface area (Å²) in [6.07, 6.45) is 5.78. The van der Waals surface area contributed by atoms with Crippen molar-refractivity contribution >= 4 is 5.91 Å². The van der Waals surface area contributed by atoms with Gasteiger partial charge in [0.15, 0.2) is 0 Å². The zero-order valence-electron chi connectivity index (χ0n) is 12.7. The maximum absolute atomic E-state index is 12.0. The third kappa shape index (κ3) is 4.97. The number of hydrogen-bond acceptors (Lipinski definition) is 2. The maximum Gasteiger partial charge on any atom is 0.237 e. The lowest BCUT2D eigenvalue weighted by molar-refractivity contribution is -0.123. The SMILES string of the molecule is CCCC(C)NC(=O)C(C)NC1CCC(C)(C)C1. The van der Waals surface area contributed by atoms with Crippen LogP contribution < -0.4 is 10.6 Å². The number of nitrogens with one attached hydrogen (secondary N) is 2. The normalized spacial score (nSPS) is 25.7. The molecule has 1 aliphatic carbocycles. The predicted molar refractivity (Wildman–Crippen MR) is 76.5 cm³/mol. The van der Waals surface area contributed by atoms with Crippen molar-refractivity contribution in [3.63, 3.8) is 0 Å². The Hall–Kier alpha value is -0.570. The molecule has 0 radical (unpaired) electrons. The fourth-order valence-corrected chi connectivity index (χ4v) is 2.88. The Balaban J connectivity index is 2.32. The molecule has 0 saturated heterocycles. The zero-order chi connectivity index (χ0) is 13.8. The molecule has 0 bridgehead atoms. The van der Waals surface area contributed by atoms with Gasteiger partial charge in [0, 0.05) is 12.1 Å². The maximum atomic E-state index is 12.0. The minimum Gasteiger partial charge on any atom is -0.352 e. The van der Waals surface area contributed by atoms with E-state index in [4.69, 9.17) is 0 Å². The van der Waals surface area contributed by atoms with Crippen LogP contribution in [0.15, 0.2) is 0 Å². The quantitative estimate of drug-likeness (QED) is 0.765. The summed E-state index contributed by atoms with van der Waals surface area (Å²) >= 11 is 0. The molecule has 0 aromatic heterocycles. The standard InChI is InChI=1S/C15H30N2O/c1-6-7-11(2)16-14(18)12(3)17-13-8-9-15(4,5)10-13/h11-13,17H,6-10H2,1-5H3,(H,16,18). The minimum atomic E-state index is -0.0804. The summed E-state index contributed by atoms with van der Waals surface area (Å²) in [4.78, 5) is 12.0. The highest BCUT2D eigenvalue weighted by molar-refractivity contribution is 5.81. The Labute approximate surface area is 112 Å². The van der Waals surface area contributed by atoms with Crippen LogP contribution in [0.5, 0.6) is 0 Å². The van der Waals surface area contributed by atoms with Gasteiger partial charge in [0.05, 0.1) is 6.04 Å². The Morgan fingerprint density at radius 3 is 2.56 bits per heavy atom. The van der Waals surface area contributed by atoms with Crippen molar-refractivity contribution in [2.75, 3.05) is 0 Å². The molecular weight excluding hydrogens is 224 g/mol. The van der Waals surface area contributed by atoms with Crippen LogP contribution in [0.25, 0.3) is 0 Å². The summed E-state index contributed by atoms with van der Waals surface area (Å²) in [7, 11) is 0. The van der Waals surface area contributed by atoms with E-state index in [0.29, 0.717) is 11.5 Å². The van der Waals surface area contributed by atoms with Gasteiger partial charge in [-0.25, -0.2) is 0 Å². The molecule has 0 aromatic carbocycles. The van der Waals surface area contributed by atoms with Crippen molar-refractivity contribution < 1.29 is 4.79 Å². The van der Waals surface area contributed by atoms with Crippen LogP contribution in [-0.2, 0) is 4.79 Å². The Bertz CT molecular complexity index is 276. The Morgan fingerprint density at radius 1 is 1.39 bits per heavy atom. The van der Waals surface area contributed by atoms with Gasteiger partial charge in [0.2, 0.25) is 5.91 Å². The number of carbonyl (C=O) groups excluding carboxylic acids is 1. The van der Waals surface area contributed by atoms with Gasteiger partial charge in [0.25, 0.3) is 0 Å². The van der Waals surface area contributed by atoms with Crippen molar-refractivity contribution in [2.45, 2.75) is 84.8 Å². The number of hydrogen-bond donors (Lipinski definition) is 2. The summed E-state index contributed by atoms with van der Waals surface area (Å²) in [6.45, 7) is 10.8. The van der Waals surface area contributed by atoms with E-state index in [1.807, 2.05) is 6.92 Å². The van der Waals surface area contributed by atoms with Gasteiger partial charge in [-0.2, -0.15) is 0 Å². The van der Waals surface area contributed by atoms with E-state index < -0.39 is 0 Å².